The first-order valence-corrected chi connectivity index (χ1v) is 70.0. The van der Waals surface area contributed by atoms with Gasteiger partial charge in [0, 0.05) is 0 Å². The molecule has 0 fully saturated rings. The van der Waals surface area contributed by atoms with Crippen LogP contribution in [-0.4, -0.2) is 0 Å². The Balaban J connectivity index is -0.00000000522. The quantitative estimate of drug-likeness (QED) is 0.227. The Morgan fingerprint density at radius 2 is 0.0143 bits per heavy atom. The van der Waals surface area contributed by atoms with Gasteiger partial charge in [0.15, 0.2) is 0 Å². The summed E-state index contributed by atoms with van der Waals surface area (Å²) in [6.07, 6.45) is 0. The molecule has 0 nitrogen and oxygen atoms in total. The van der Waals surface area contributed by atoms with E-state index in [1.807, 2.05) is 969 Å². The van der Waals surface area contributed by atoms with Crippen molar-refractivity contribution in [1.82, 2.24) is 0 Å². The molecule has 0 aliphatic rings. The first-order valence-electron chi connectivity index (χ1n) is 70.0. The van der Waals surface area contributed by atoms with Crippen LogP contribution in [0.4, 0.5) is 0 Å². The van der Waals surface area contributed by atoms with E-state index in [0.29, 0.717) is 0 Å². The standard InChI is InChI=1S/70C2H6/c70*1-2/h70*1-2H3. The van der Waals surface area contributed by atoms with Gasteiger partial charge in [-0.05, 0) is 0 Å². The Labute approximate surface area is 963 Å². The second kappa shape index (κ2) is 0. The fraction of sp³-hybridized carbons (Fsp3) is 1.00. The van der Waals surface area contributed by atoms with E-state index < -0.39 is 0 Å². The average Bonchev–Trinajstić information content (AvgIpc) is 4.11. The lowest BCUT2D eigenvalue weighted by molar-refractivity contribution is 1.50. The summed E-state index contributed by atoms with van der Waals surface area (Å²) < 4.78 is 0. The van der Waals surface area contributed by atoms with Gasteiger partial charge in [0.25, 0.3) is 0 Å². The molecule has 0 aliphatic heterocycles. The molecule has 0 unspecified atom stereocenters. The Kier molecular flexibility index (Phi) is 0. The zero-order valence-corrected chi connectivity index (χ0v) is 140. The van der Waals surface area contributed by atoms with Gasteiger partial charge in [0.1, 0.15) is 0 Å². The van der Waals surface area contributed by atoms with Crippen molar-refractivity contribution < 1.29 is 0 Å². The van der Waals surface area contributed by atoms with E-state index in [0.717, 1.165) is 0 Å². The van der Waals surface area contributed by atoms with Crippen molar-refractivity contribution in [2.75, 3.05) is 0 Å². The van der Waals surface area contributed by atoms with Crippen molar-refractivity contribution in [3.63, 3.8) is 0 Å². The zero-order chi connectivity index (χ0) is 140. The molecule has 0 aromatic heterocycles. The van der Waals surface area contributed by atoms with Gasteiger partial charge in [-0.2, -0.15) is 0 Å². The maximum atomic E-state index is 2.00. The van der Waals surface area contributed by atoms with Gasteiger partial charge in [-0.3, -0.25) is 0 Å². The molecule has 0 radical (unpaired) electrons. The van der Waals surface area contributed by atoms with Crippen LogP contribution in [0.3, 0.4) is 0 Å². The van der Waals surface area contributed by atoms with E-state index >= 15 is 0 Å². The molecule has 0 heterocycles. The van der Waals surface area contributed by atoms with Crippen LogP contribution in [0.5, 0.6) is 0 Å². The molecular weight excluding hydrogens is 1680 g/mol. The molecule has 0 aromatic carbocycles. The Morgan fingerprint density at radius 1 is 0.0143 bits per heavy atom. The lowest BCUT2D eigenvalue weighted by Crippen LogP contribution is -0.856. The minimum absolute atomic E-state index is 2.00. The smallest absolute Gasteiger partial charge is 0.0683 e. The molecule has 140 heavy (non-hydrogen) atoms. The molecule has 0 heteroatoms. The minimum atomic E-state index is 2.00. The molecule has 980 valence electrons. The summed E-state index contributed by atoms with van der Waals surface area (Å²) in [4.78, 5) is 0. The minimum Gasteiger partial charge on any atom is -0.0683 e. The first kappa shape index (κ1) is 552. The lowest BCUT2D eigenvalue weighted by Gasteiger charge is -1.07. The number of hydrogen-bond acceptors (Lipinski definition) is 0. The summed E-state index contributed by atoms with van der Waals surface area (Å²) >= 11 is 0. The third-order valence-electron chi connectivity index (χ3n) is 0. The van der Waals surface area contributed by atoms with Crippen molar-refractivity contribution in [2.24, 2.45) is 0 Å². The zero-order valence-electron chi connectivity index (χ0n) is 140. The third kappa shape index (κ3) is 0. The van der Waals surface area contributed by atoms with Gasteiger partial charge in [-0.1, -0.05) is 969 Å². The van der Waals surface area contributed by atoms with Crippen molar-refractivity contribution in [3.8, 4) is 0 Å². The van der Waals surface area contributed by atoms with E-state index in [2.05, 4.69) is 0 Å². The molecule has 0 amide bonds. The highest BCUT2D eigenvalue weighted by atomic mass is 13.1. The Hall–Kier alpha value is 0. The molecule has 0 saturated heterocycles. The summed E-state index contributed by atoms with van der Waals surface area (Å²) in [6.45, 7) is 280. The van der Waals surface area contributed by atoms with Crippen LogP contribution in [0, 0.1) is 0 Å². The molecule has 0 saturated carbocycles. The van der Waals surface area contributed by atoms with Crippen molar-refractivity contribution >= 4 is 0 Å². The maximum absolute atomic E-state index is 2.00. The van der Waals surface area contributed by atoms with Crippen molar-refractivity contribution in [2.45, 2.75) is 969 Å². The topological polar surface area (TPSA) is 0 Å². The molecule has 0 atom stereocenters. The van der Waals surface area contributed by atoms with Crippen LogP contribution >= 0.6 is 0 Å². The molecule has 0 spiro atoms. The van der Waals surface area contributed by atoms with Gasteiger partial charge >= 0.3 is 0 Å². The highest BCUT2D eigenvalue weighted by Crippen LogP contribution is 1.28. The molecule has 0 N–H and O–H groups in total. The molecule has 0 aliphatic carbocycles. The summed E-state index contributed by atoms with van der Waals surface area (Å²) in [7, 11) is 0. The Bertz CT molecular complexity index is 0. The second-order valence-corrected chi connectivity index (χ2v) is 0. The number of hydrogen-bond donors (Lipinski definition) is 0. The normalized spacial score (nSPS) is 3.00. The fourth-order valence-corrected chi connectivity index (χ4v) is 0. The SMILES string of the molecule is CC.CC.CC.CC.CC.CC.CC.CC.CC.CC.CC.CC.CC.CC.CC.CC.CC.CC.CC.CC.CC.CC.CC.CC.CC.CC.CC.CC.CC.CC.CC.CC.CC.CC.CC.CC.CC.CC.CC.CC.CC.CC.CC.CC.CC.CC.CC.CC.CC.CC.CC.CC.CC.CC.CC.CC.CC.CC.CC.CC.CC.CC.CC.CC.CC.CC.CC.CC.CC.CC. The van der Waals surface area contributed by atoms with Gasteiger partial charge < -0.3 is 0 Å². The summed E-state index contributed by atoms with van der Waals surface area (Å²) in [5, 5.41) is 0. The van der Waals surface area contributed by atoms with Gasteiger partial charge in [-0.25, -0.2) is 0 Å². The fourth-order valence-electron chi connectivity index (χ4n) is 0. The van der Waals surface area contributed by atoms with Crippen LogP contribution in [-0.2, 0) is 0 Å². The summed E-state index contributed by atoms with van der Waals surface area (Å²) in [6, 6.07) is 0. The number of rotatable bonds is 0. The van der Waals surface area contributed by atoms with E-state index in [1.165, 1.54) is 0 Å². The van der Waals surface area contributed by atoms with Crippen molar-refractivity contribution in [3.05, 3.63) is 0 Å². The van der Waals surface area contributed by atoms with Gasteiger partial charge in [0.2, 0.25) is 0 Å². The van der Waals surface area contributed by atoms with E-state index in [-0.39, 0.29) is 0 Å². The van der Waals surface area contributed by atoms with E-state index in [1.54, 1.807) is 0 Å². The maximum Gasteiger partial charge on any atom is -0.0683 e. The molecule has 0 rings (SSSR count). The summed E-state index contributed by atoms with van der Waals surface area (Å²) in [5.74, 6) is 0. The predicted octanol–water partition coefficient (Wildman–Crippen LogP) is 71.8. The lowest BCUT2D eigenvalue weighted by atomic mass is 11.0. The van der Waals surface area contributed by atoms with Gasteiger partial charge in [-0.15, -0.1) is 0 Å². The average molecular weight is 2100 g/mol. The highest BCUT2D eigenvalue weighted by Gasteiger charge is 1.07. The van der Waals surface area contributed by atoms with Gasteiger partial charge in [0.05, 0.1) is 0 Å². The van der Waals surface area contributed by atoms with Crippen LogP contribution < -0.4 is 0 Å². The van der Waals surface area contributed by atoms with Crippen molar-refractivity contribution in [1.29, 1.82) is 0 Å². The Morgan fingerprint density at radius 3 is 0.0143 bits per heavy atom. The first-order chi connectivity index (χ1) is 70.0. The van der Waals surface area contributed by atoms with Crippen LogP contribution in [0.2, 0.25) is 0 Å². The van der Waals surface area contributed by atoms with E-state index in [4.69, 9.17) is 0 Å². The largest absolute Gasteiger partial charge is 0.0683 e. The third-order valence-corrected chi connectivity index (χ3v) is 0. The molecule has 0 aromatic rings. The van der Waals surface area contributed by atoms with Crippen LogP contribution in [0.1, 0.15) is 969 Å². The monoisotopic (exact) mass is 2100 g/mol. The highest BCUT2D eigenvalue weighted by molar-refractivity contribution is 3.64. The van der Waals surface area contributed by atoms with E-state index in [9.17, 15) is 0 Å². The summed E-state index contributed by atoms with van der Waals surface area (Å²) in [5.41, 5.74) is 0. The second-order valence-electron chi connectivity index (χ2n) is 0. The van der Waals surface area contributed by atoms with Crippen LogP contribution in [0.15, 0.2) is 0 Å². The van der Waals surface area contributed by atoms with Crippen LogP contribution in [0.25, 0.3) is 0 Å². The molecular formula is C140H420. The molecule has 0 bridgehead atoms. The predicted molar refractivity (Wildman–Crippen MR) is 794 cm³/mol.